The summed E-state index contributed by atoms with van der Waals surface area (Å²) < 4.78 is 0. The Hall–Kier alpha value is -1.06. The fourth-order valence-corrected chi connectivity index (χ4v) is 2.70. The molecule has 84 valence electrons. The zero-order valence-electron chi connectivity index (χ0n) is 9.32. The van der Waals surface area contributed by atoms with Gasteiger partial charge in [0, 0.05) is 6.04 Å². The molecular formula is C11H18N2O2. The highest BCUT2D eigenvalue weighted by Gasteiger charge is 2.38. The molecule has 0 bridgehead atoms. The van der Waals surface area contributed by atoms with E-state index in [1.165, 1.54) is 12.8 Å². The number of amides is 2. The van der Waals surface area contributed by atoms with Gasteiger partial charge in [0.05, 0.1) is 6.54 Å². The Morgan fingerprint density at radius 2 is 2.00 bits per heavy atom. The largest absolute Gasteiger partial charge is 0.343 e. The molecule has 0 aromatic carbocycles. The molecular weight excluding hydrogens is 192 g/mol. The molecule has 1 saturated carbocycles. The van der Waals surface area contributed by atoms with Gasteiger partial charge in [0.2, 0.25) is 11.8 Å². The first-order chi connectivity index (χ1) is 7.09. The maximum Gasteiger partial charge on any atom is 0.245 e. The quantitative estimate of drug-likeness (QED) is 0.686. The van der Waals surface area contributed by atoms with Crippen molar-refractivity contribution in [3.63, 3.8) is 0 Å². The molecule has 0 aromatic rings. The summed E-state index contributed by atoms with van der Waals surface area (Å²) in [6.45, 7) is 4.17. The predicted octanol–water partition coefficient (Wildman–Crippen LogP) is 0.522. The molecule has 2 fully saturated rings. The zero-order chi connectivity index (χ0) is 11.0. The zero-order valence-corrected chi connectivity index (χ0v) is 9.32. The fourth-order valence-electron chi connectivity index (χ4n) is 2.70. The molecule has 1 N–H and O–H groups in total. The summed E-state index contributed by atoms with van der Waals surface area (Å²) in [6, 6.07) is -0.0648. The molecule has 2 amide bonds. The Bertz CT molecular complexity index is 290. The summed E-state index contributed by atoms with van der Waals surface area (Å²) in [7, 11) is 0. The van der Waals surface area contributed by atoms with Crippen molar-refractivity contribution in [2.75, 3.05) is 6.54 Å². The second kappa shape index (κ2) is 3.83. The second-order valence-corrected chi connectivity index (χ2v) is 4.73. The minimum Gasteiger partial charge on any atom is -0.343 e. The summed E-state index contributed by atoms with van der Waals surface area (Å²) in [4.78, 5) is 25.1. The molecule has 2 aliphatic rings. The molecule has 3 unspecified atom stereocenters. The van der Waals surface area contributed by atoms with Gasteiger partial charge < -0.3 is 10.2 Å². The summed E-state index contributed by atoms with van der Waals surface area (Å²) in [5.41, 5.74) is 0. The molecule has 4 nitrogen and oxygen atoms in total. The first kappa shape index (κ1) is 10.5. The van der Waals surface area contributed by atoms with Crippen molar-refractivity contribution in [3.8, 4) is 0 Å². The van der Waals surface area contributed by atoms with Crippen LogP contribution in [0, 0.1) is 5.92 Å². The maximum absolute atomic E-state index is 11.9. The van der Waals surface area contributed by atoms with Crippen LogP contribution < -0.4 is 5.32 Å². The van der Waals surface area contributed by atoms with Gasteiger partial charge in [-0.3, -0.25) is 9.59 Å². The Morgan fingerprint density at radius 1 is 1.27 bits per heavy atom. The van der Waals surface area contributed by atoms with E-state index in [1.807, 2.05) is 0 Å². The average Bonchev–Trinajstić information content (AvgIpc) is 2.58. The van der Waals surface area contributed by atoms with Crippen LogP contribution in [0.1, 0.15) is 33.1 Å². The Morgan fingerprint density at radius 3 is 2.60 bits per heavy atom. The van der Waals surface area contributed by atoms with Gasteiger partial charge in [-0.05, 0) is 25.7 Å². The Balaban J connectivity index is 2.12. The summed E-state index contributed by atoms with van der Waals surface area (Å²) >= 11 is 0. The van der Waals surface area contributed by atoms with Gasteiger partial charge in [0.1, 0.15) is 6.04 Å². The van der Waals surface area contributed by atoms with Crippen LogP contribution >= 0.6 is 0 Å². The summed E-state index contributed by atoms with van der Waals surface area (Å²) in [6.07, 6.45) is 3.39. The molecule has 1 aliphatic heterocycles. The fraction of sp³-hybridized carbons (Fsp3) is 0.818. The number of piperazine rings is 1. The topological polar surface area (TPSA) is 49.4 Å². The van der Waals surface area contributed by atoms with Crippen LogP contribution in [0.2, 0.25) is 0 Å². The van der Waals surface area contributed by atoms with E-state index in [9.17, 15) is 9.59 Å². The summed E-state index contributed by atoms with van der Waals surface area (Å²) in [5, 5.41) is 2.67. The van der Waals surface area contributed by atoms with E-state index in [-0.39, 0.29) is 30.4 Å². The molecule has 1 saturated heterocycles. The van der Waals surface area contributed by atoms with Gasteiger partial charge in [-0.1, -0.05) is 13.3 Å². The van der Waals surface area contributed by atoms with Gasteiger partial charge in [0.25, 0.3) is 0 Å². The molecule has 2 rings (SSSR count). The lowest BCUT2D eigenvalue weighted by atomic mass is 10.0. The number of hydrogen-bond donors (Lipinski definition) is 1. The number of carbonyl (C=O) groups excluding carboxylic acids is 2. The SMILES string of the molecule is CC1NC(=O)CN(C2CCCC2C)C1=O. The third-order valence-electron chi connectivity index (χ3n) is 3.56. The highest BCUT2D eigenvalue weighted by molar-refractivity contribution is 5.94. The van der Waals surface area contributed by atoms with E-state index in [0.717, 1.165) is 6.42 Å². The third kappa shape index (κ3) is 1.85. The molecule has 15 heavy (non-hydrogen) atoms. The lowest BCUT2D eigenvalue weighted by Crippen LogP contribution is -2.60. The molecule has 0 aromatic heterocycles. The Labute approximate surface area is 90.0 Å². The molecule has 0 spiro atoms. The maximum atomic E-state index is 11.9. The van der Waals surface area contributed by atoms with Crippen molar-refractivity contribution in [2.24, 2.45) is 5.92 Å². The number of rotatable bonds is 1. The van der Waals surface area contributed by atoms with E-state index < -0.39 is 0 Å². The number of hydrogen-bond acceptors (Lipinski definition) is 2. The van der Waals surface area contributed by atoms with Gasteiger partial charge in [-0.2, -0.15) is 0 Å². The van der Waals surface area contributed by atoms with Crippen molar-refractivity contribution in [1.29, 1.82) is 0 Å². The first-order valence-corrected chi connectivity index (χ1v) is 5.69. The van der Waals surface area contributed by atoms with E-state index in [4.69, 9.17) is 0 Å². The van der Waals surface area contributed by atoms with Crippen LogP contribution in [-0.2, 0) is 9.59 Å². The molecule has 4 heteroatoms. The van der Waals surface area contributed by atoms with Crippen LogP contribution in [0.15, 0.2) is 0 Å². The first-order valence-electron chi connectivity index (χ1n) is 5.69. The standard InChI is InChI=1S/C11H18N2O2/c1-7-4-3-5-9(7)13-6-10(14)12-8(2)11(13)15/h7-9H,3-6H2,1-2H3,(H,12,14). The van der Waals surface area contributed by atoms with Gasteiger partial charge in [0.15, 0.2) is 0 Å². The van der Waals surface area contributed by atoms with E-state index in [0.29, 0.717) is 5.92 Å². The normalized spacial score (nSPS) is 36.9. The van der Waals surface area contributed by atoms with Crippen LogP contribution in [0.3, 0.4) is 0 Å². The molecule has 1 heterocycles. The van der Waals surface area contributed by atoms with Crippen molar-refractivity contribution >= 4 is 11.8 Å². The lowest BCUT2D eigenvalue weighted by molar-refractivity contribution is -0.146. The van der Waals surface area contributed by atoms with Crippen LogP contribution in [0.5, 0.6) is 0 Å². The van der Waals surface area contributed by atoms with Gasteiger partial charge in [-0.25, -0.2) is 0 Å². The van der Waals surface area contributed by atoms with E-state index in [1.54, 1.807) is 11.8 Å². The summed E-state index contributed by atoms with van der Waals surface area (Å²) in [5.74, 6) is 0.585. The predicted molar refractivity (Wildman–Crippen MR) is 56.1 cm³/mol. The van der Waals surface area contributed by atoms with Crippen molar-refractivity contribution < 1.29 is 9.59 Å². The van der Waals surface area contributed by atoms with Crippen molar-refractivity contribution in [1.82, 2.24) is 10.2 Å². The van der Waals surface area contributed by atoms with Crippen LogP contribution in [-0.4, -0.2) is 35.3 Å². The van der Waals surface area contributed by atoms with Gasteiger partial charge >= 0.3 is 0 Å². The smallest absolute Gasteiger partial charge is 0.245 e. The second-order valence-electron chi connectivity index (χ2n) is 4.73. The Kier molecular flexibility index (Phi) is 2.67. The monoisotopic (exact) mass is 210 g/mol. The van der Waals surface area contributed by atoms with Crippen molar-refractivity contribution in [2.45, 2.75) is 45.2 Å². The van der Waals surface area contributed by atoms with Gasteiger partial charge in [-0.15, -0.1) is 0 Å². The number of nitrogens with one attached hydrogen (secondary N) is 1. The highest BCUT2D eigenvalue weighted by atomic mass is 16.2. The van der Waals surface area contributed by atoms with Crippen LogP contribution in [0.25, 0.3) is 0 Å². The minimum atomic E-state index is -0.348. The number of nitrogens with zero attached hydrogens (tertiary/aromatic N) is 1. The third-order valence-corrected chi connectivity index (χ3v) is 3.56. The average molecular weight is 210 g/mol. The lowest BCUT2D eigenvalue weighted by Gasteiger charge is -2.37. The van der Waals surface area contributed by atoms with E-state index >= 15 is 0 Å². The van der Waals surface area contributed by atoms with E-state index in [2.05, 4.69) is 12.2 Å². The molecule has 3 atom stereocenters. The molecule has 0 radical (unpaired) electrons. The van der Waals surface area contributed by atoms with Crippen molar-refractivity contribution in [3.05, 3.63) is 0 Å². The molecule has 1 aliphatic carbocycles. The minimum absolute atomic E-state index is 0.0267. The van der Waals surface area contributed by atoms with Crippen LogP contribution in [0.4, 0.5) is 0 Å². The number of carbonyl (C=O) groups is 2. The highest BCUT2D eigenvalue weighted by Crippen LogP contribution is 2.30.